The second kappa shape index (κ2) is 10.7. The first-order valence-corrected chi connectivity index (χ1v) is 8.49. The first-order chi connectivity index (χ1) is 10.2. The molecule has 1 N–H and O–H groups in total. The van der Waals surface area contributed by atoms with E-state index in [2.05, 4.69) is 19.9 Å². The number of aliphatic hydroxyl groups is 1. The maximum absolute atomic E-state index is 10.2. The highest BCUT2D eigenvalue weighted by molar-refractivity contribution is 5.37. The molecule has 1 atom stereocenters. The predicted octanol–water partition coefficient (Wildman–Crippen LogP) is 5.05. The SMILES string of the molecule is CCCCCCCCCC(O)Cc1cc(C)ccc1OC. The molecule has 0 spiro atoms. The third-order valence-corrected chi connectivity index (χ3v) is 4.03. The fourth-order valence-corrected chi connectivity index (χ4v) is 2.76. The van der Waals surface area contributed by atoms with Gasteiger partial charge >= 0.3 is 0 Å². The number of aryl methyl sites for hydroxylation is 1. The van der Waals surface area contributed by atoms with Gasteiger partial charge in [0.2, 0.25) is 0 Å². The van der Waals surface area contributed by atoms with Gasteiger partial charge in [0.05, 0.1) is 13.2 Å². The largest absolute Gasteiger partial charge is 0.496 e. The van der Waals surface area contributed by atoms with Crippen LogP contribution in [0.1, 0.15) is 69.4 Å². The molecule has 2 nitrogen and oxygen atoms in total. The first kappa shape index (κ1) is 18.0. The predicted molar refractivity (Wildman–Crippen MR) is 90.1 cm³/mol. The molecule has 1 unspecified atom stereocenters. The molecule has 2 heteroatoms. The Balaban J connectivity index is 2.24. The Labute approximate surface area is 130 Å². The van der Waals surface area contributed by atoms with E-state index in [4.69, 9.17) is 4.74 Å². The molecular formula is C19H32O2. The Morgan fingerprint density at radius 1 is 1.05 bits per heavy atom. The minimum atomic E-state index is -0.253. The zero-order valence-corrected chi connectivity index (χ0v) is 14.0. The van der Waals surface area contributed by atoms with Crippen LogP contribution in [-0.2, 0) is 6.42 Å². The summed E-state index contributed by atoms with van der Waals surface area (Å²) in [5.74, 6) is 0.888. The second-order valence-corrected chi connectivity index (χ2v) is 6.08. The van der Waals surface area contributed by atoms with Crippen molar-refractivity contribution in [3.05, 3.63) is 29.3 Å². The standard InChI is InChI=1S/C19H32O2/c1-4-5-6-7-8-9-10-11-18(20)15-17-14-16(2)12-13-19(17)21-3/h12-14,18,20H,4-11,15H2,1-3H3. The number of methoxy groups -OCH3 is 1. The fraction of sp³-hybridized carbons (Fsp3) is 0.684. The van der Waals surface area contributed by atoms with Crippen LogP contribution >= 0.6 is 0 Å². The summed E-state index contributed by atoms with van der Waals surface area (Å²) in [6.45, 7) is 4.32. The molecule has 1 aromatic rings. The van der Waals surface area contributed by atoms with Crippen LogP contribution in [-0.4, -0.2) is 18.3 Å². The van der Waals surface area contributed by atoms with Crippen molar-refractivity contribution in [3.8, 4) is 5.75 Å². The van der Waals surface area contributed by atoms with E-state index in [1.807, 2.05) is 12.1 Å². The van der Waals surface area contributed by atoms with Crippen LogP contribution in [0.3, 0.4) is 0 Å². The molecule has 0 bridgehead atoms. The first-order valence-electron chi connectivity index (χ1n) is 8.49. The molecule has 1 rings (SSSR count). The summed E-state index contributed by atoms with van der Waals surface area (Å²) < 4.78 is 5.37. The summed E-state index contributed by atoms with van der Waals surface area (Å²) in [6.07, 6.45) is 10.4. The molecule has 0 aliphatic carbocycles. The van der Waals surface area contributed by atoms with E-state index in [-0.39, 0.29) is 6.10 Å². The van der Waals surface area contributed by atoms with E-state index in [0.29, 0.717) is 6.42 Å². The van der Waals surface area contributed by atoms with Crippen LogP contribution in [0.4, 0.5) is 0 Å². The quantitative estimate of drug-likeness (QED) is 0.578. The molecule has 0 aliphatic heterocycles. The number of aliphatic hydroxyl groups excluding tert-OH is 1. The van der Waals surface area contributed by atoms with Crippen molar-refractivity contribution in [1.29, 1.82) is 0 Å². The van der Waals surface area contributed by atoms with Crippen molar-refractivity contribution < 1.29 is 9.84 Å². The summed E-state index contributed by atoms with van der Waals surface area (Å²) in [6, 6.07) is 6.16. The lowest BCUT2D eigenvalue weighted by Gasteiger charge is -2.14. The van der Waals surface area contributed by atoms with Gasteiger partial charge in [0, 0.05) is 6.42 Å². The van der Waals surface area contributed by atoms with Crippen LogP contribution < -0.4 is 4.74 Å². The van der Waals surface area contributed by atoms with Crippen LogP contribution in [0.2, 0.25) is 0 Å². The van der Waals surface area contributed by atoms with Gasteiger partial charge < -0.3 is 9.84 Å². The van der Waals surface area contributed by atoms with Gasteiger partial charge in [-0.05, 0) is 25.0 Å². The maximum atomic E-state index is 10.2. The third kappa shape index (κ3) is 7.52. The molecule has 21 heavy (non-hydrogen) atoms. The second-order valence-electron chi connectivity index (χ2n) is 6.08. The minimum absolute atomic E-state index is 0.253. The summed E-state index contributed by atoms with van der Waals surface area (Å²) in [7, 11) is 1.69. The highest BCUT2D eigenvalue weighted by Crippen LogP contribution is 2.22. The van der Waals surface area contributed by atoms with Gasteiger partial charge in [-0.2, -0.15) is 0 Å². The third-order valence-electron chi connectivity index (χ3n) is 4.03. The molecular weight excluding hydrogens is 260 g/mol. The molecule has 0 radical (unpaired) electrons. The number of benzene rings is 1. The van der Waals surface area contributed by atoms with Gasteiger partial charge in [0.25, 0.3) is 0 Å². The number of ether oxygens (including phenoxy) is 1. The Morgan fingerprint density at radius 3 is 2.38 bits per heavy atom. The van der Waals surface area contributed by atoms with Gasteiger partial charge in [0.1, 0.15) is 5.75 Å². The Bertz CT molecular complexity index is 387. The van der Waals surface area contributed by atoms with E-state index in [1.165, 1.54) is 44.1 Å². The number of unbranched alkanes of at least 4 members (excludes halogenated alkanes) is 6. The maximum Gasteiger partial charge on any atom is 0.122 e. The average Bonchev–Trinajstić information content (AvgIpc) is 2.46. The molecule has 0 amide bonds. The van der Waals surface area contributed by atoms with Crippen LogP contribution in [0.25, 0.3) is 0 Å². The molecule has 0 saturated carbocycles. The number of hydrogen-bond donors (Lipinski definition) is 1. The van der Waals surface area contributed by atoms with Crippen molar-refractivity contribution in [2.45, 2.75) is 77.7 Å². The van der Waals surface area contributed by atoms with Gasteiger partial charge in [0.15, 0.2) is 0 Å². The molecule has 0 aromatic heterocycles. The van der Waals surface area contributed by atoms with Crippen molar-refractivity contribution in [3.63, 3.8) is 0 Å². The van der Waals surface area contributed by atoms with Crippen LogP contribution in [0.5, 0.6) is 5.75 Å². The zero-order valence-electron chi connectivity index (χ0n) is 14.0. The summed E-state index contributed by atoms with van der Waals surface area (Å²) >= 11 is 0. The average molecular weight is 292 g/mol. The Morgan fingerprint density at radius 2 is 1.71 bits per heavy atom. The zero-order chi connectivity index (χ0) is 15.5. The topological polar surface area (TPSA) is 29.5 Å². The molecule has 0 heterocycles. The van der Waals surface area contributed by atoms with Crippen molar-refractivity contribution in [1.82, 2.24) is 0 Å². The monoisotopic (exact) mass is 292 g/mol. The minimum Gasteiger partial charge on any atom is -0.496 e. The lowest BCUT2D eigenvalue weighted by molar-refractivity contribution is 0.160. The van der Waals surface area contributed by atoms with Gasteiger partial charge in [-0.1, -0.05) is 69.6 Å². The summed E-state index contributed by atoms with van der Waals surface area (Å²) in [5, 5.41) is 10.2. The number of hydrogen-bond acceptors (Lipinski definition) is 2. The van der Waals surface area contributed by atoms with Crippen LogP contribution in [0, 0.1) is 6.92 Å². The number of rotatable bonds is 11. The van der Waals surface area contributed by atoms with E-state index in [0.717, 1.165) is 24.2 Å². The van der Waals surface area contributed by atoms with E-state index >= 15 is 0 Å². The normalized spacial score (nSPS) is 12.4. The molecule has 0 saturated heterocycles. The summed E-state index contributed by atoms with van der Waals surface area (Å²) in [4.78, 5) is 0. The molecule has 0 aliphatic rings. The van der Waals surface area contributed by atoms with Crippen molar-refractivity contribution in [2.24, 2.45) is 0 Å². The van der Waals surface area contributed by atoms with E-state index < -0.39 is 0 Å². The smallest absolute Gasteiger partial charge is 0.122 e. The van der Waals surface area contributed by atoms with Gasteiger partial charge in [-0.25, -0.2) is 0 Å². The van der Waals surface area contributed by atoms with Gasteiger partial charge in [-0.3, -0.25) is 0 Å². The molecule has 1 aromatic carbocycles. The van der Waals surface area contributed by atoms with Crippen molar-refractivity contribution >= 4 is 0 Å². The van der Waals surface area contributed by atoms with Crippen molar-refractivity contribution in [2.75, 3.05) is 7.11 Å². The lowest BCUT2D eigenvalue weighted by atomic mass is 10.00. The van der Waals surface area contributed by atoms with Gasteiger partial charge in [-0.15, -0.1) is 0 Å². The summed E-state index contributed by atoms with van der Waals surface area (Å²) in [5.41, 5.74) is 2.34. The molecule has 0 fully saturated rings. The highest BCUT2D eigenvalue weighted by atomic mass is 16.5. The highest BCUT2D eigenvalue weighted by Gasteiger charge is 2.10. The Hall–Kier alpha value is -1.02. The van der Waals surface area contributed by atoms with Crippen LogP contribution in [0.15, 0.2) is 18.2 Å². The van der Waals surface area contributed by atoms with E-state index in [1.54, 1.807) is 7.11 Å². The fourth-order valence-electron chi connectivity index (χ4n) is 2.76. The Kier molecular flexibility index (Phi) is 9.16. The lowest BCUT2D eigenvalue weighted by Crippen LogP contribution is -2.11. The molecule has 120 valence electrons. The van der Waals surface area contributed by atoms with E-state index in [9.17, 15) is 5.11 Å².